The Balaban J connectivity index is 2.68. The molecule has 3 nitrogen and oxygen atoms in total. The molecule has 0 aliphatic rings. The highest BCUT2D eigenvalue weighted by Crippen LogP contribution is 2.18. The van der Waals surface area contributed by atoms with E-state index in [0.717, 1.165) is 18.4 Å². The summed E-state index contributed by atoms with van der Waals surface area (Å²) in [6, 6.07) is 3.79. The summed E-state index contributed by atoms with van der Waals surface area (Å²) in [5.41, 5.74) is 3.78. The monoisotopic (exact) mass is 211 g/mol. The lowest BCUT2D eigenvalue weighted by atomic mass is 10.1. The SMILES string of the molecule is C=CCCC(NN)c1ccc(Cl)nc1. The molecule has 76 valence electrons. The van der Waals surface area contributed by atoms with Gasteiger partial charge in [0.05, 0.1) is 0 Å². The first kappa shape index (κ1) is 11.2. The van der Waals surface area contributed by atoms with Crippen LogP contribution in [0, 0.1) is 0 Å². The number of hydrazine groups is 1. The Bertz CT molecular complexity index is 284. The van der Waals surface area contributed by atoms with Gasteiger partial charge in [-0.05, 0) is 24.5 Å². The Kier molecular flexibility index (Phi) is 4.59. The summed E-state index contributed by atoms with van der Waals surface area (Å²) in [5, 5.41) is 0.494. The van der Waals surface area contributed by atoms with Crippen LogP contribution in [-0.2, 0) is 0 Å². The second-order valence-corrected chi connectivity index (χ2v) is 3.39. The van der Waals surface area contributed by atoms with Gasteiger partial charge in [-0.2, -0.15) is 0 Å². The number of aromatic nitrogens is 1. The van der Waals surface area contributed by atoms with Crippen LogP contribution in [0.1, 0.15) is 24.4 Å². The number of hydrogen-bond donors (Lipinski definition) is 2. The van der Waals surface area contributed by atoms with E-state index in [0.29, 0.717) is 5.15 Å². The highest BCUT2D eigenvalue weighted by atomic mass is 35.5. The molecule has 0 saturated carbocycles. The predicted molar refractivity (Wildman–Crippen MR) is 58.7 cm³/mol. The Morgan fingerprint density at radius 2 is 2.43 bits per heavy atom. The van der Waals surface area contributed by atoms with Crippen molar-refractivity contribution in [1.29, 1.82) is 0 Å². The fourth-order valence-electron chi connectivity index (χ4n) is 1.22. The van der Waals surface area contributed by atoms with Crippen LogP contribution >= 0.6 is 11.6 Å². The molecule has 0 saturated heterocycles. The number of nitrogens with one attached hydrogen (secondary N) is 1. The molecule has 4 heteroatoms. The van der Waals surface area contributed by atoms with Gasteiger partial charge in [0.2, 0.25) is 0 Å². The number of rotatable bonds is 5. The summed E-state index contributed by atoms with van der Waals surface area (Å²) >= 11 is 5.68. The van der Waals surface area contributed by atoms with Gasteiger partial charge in [0, 0.05) is 12.2 Å². The van der Waals surface area contributed by atoms with E-state index in [1.54, 1.807) is 12.3 Å². The van der Waals surface area contributed by atoms with Crippen LogP contribution in [0.4, 0.5) is 0 Å². The second-order valence-electron chi connectivity index (χ2n) is 3.00. The molecule has 0 aliphatic carbocycles. The van der Waals surface area contributed by atoms with Crippen molar-refractivity contribution in [3.05, 3.63) is 41.7 Å². The Morgan fingerprint density at radius 1 is 1.64 bits per heavy atom. The van der Waals surface area contributed by atoms with Crippen LogP contribution in [-0.4, -0.2) is 4.98 Å². The summed E-state index contributed by atoms with van der Waals surface area (Å²) < 4.78 is 0. The molecule has 14 heavy (non-hydrogen) atoms. The van der Waals surface area contributed by atoms with Crippen molar-refractivity contribution in [2.45, 2.75) is 18.9 Å². The zero-order valence-electron chi connectivity index (χ0n) is 7.91. The lowest BCUT2D eigenvalue weighted by molar-refractivity contribution is 0.519. The van der Waals surface area contributed by atoms with Gasteiger partial charge < -0.3 is 0 Å². The van der Waals surface area contributed by atoms with Crippen molar-refractivity contribution in [3.63, 3.8) is 0 Å². The summed E-state index contributed by atoms with van der Waals surface area (Å²) in [5.74, 6) is 5.44. The number of halogens is 1. The van der Waals surface area contributed by atoms with Gasteiger partial charge in [0.15, 0.2) is 0 Å². The lowest BCUT2D eigenvalue weighted by Crippen LogP contribution is -2.27. The van der Waals surface area contributed by atoms with Gasteiger partial charge >= 0.3 is 0 Å². The molecule has 0 aromatic carbocycles. The second kappa shape index (κ2) is 5.75. The van der Waals surface area contributed by atoms with Gasteiger partial charge in [0.25, 0.3) is 0 Å². The minimum atomic E-state index is 0.109. The van der Waals surface area contributed by atoms with Crippen molar-refractivity contribution in [1.82, 2.24) is 10.4 Å². The topological polar surface area (TPSA) is 50.9 Å². The first-order valence-corrected chi connectivity index (χ1v) is 4.84. The highest BCUT2D eigenvalue weighted by Gasteiger charge is 2.08. The third-order valence-electron chi connectivity index (χ3n) is 2.01. The molecule has 1 rings (SSSR count). The summed E-state index contributed by atoms with van der Waals surface area (Å²) in [6.07, 6.45) is 5.42. The molecule has 1 atom stereocenters. The third-order valence-corrected chi connectivity index (χ3v) is 2.24. The van der Waals surface area contributed by atoms with Crippen molar-refractivity contribution in [2.75, 3.05) is 0 Å². The minimum Gasteiger partial charge on any atom is -0.271 e. The van der Waals surface area contributed by atoms with Crippen LogP contribution in [0.25, 0.3) is 0 Å². The van der Waals surface area contributed by atoms with Crippen molar-refractivity contribution >= 4 is 11.6 Å². The maximum absolute atomic E-state index is 5.68. The molecular formula is C10H14ClN3. The maximum Gasteiger partial charge on any atom is 0.129 e. The van der Waals surface area contributed by atoms with Gasteiger partial charge in [0.1, 0.15) is 5.15 Å². The number of nitrogens with two attached hydrogens (primary N) is 1. The molecule has 1 unspecified atom stereocenters. The minimum absolute atomic E-state index is 0.109. The number of allylic oxidation sites excluding steroid dienone is 1. The van der Waals surface area contributed by atoms with E-state index in [-0.39, 0.29) is 6.04 Å². The average molecular weight is 212 g/mol. The fraction of sp³-hybridized carbons (Fsp3) is 0.300. The Labute approximate surface area is 88.9 Å². The van der Waals surface area contributed by atoms with E-state index in [9.17, 15) is 0 Å². The average Bonchev–Trinajstić information content (AvgIpc) is 2.21. The largest absolute Gasteiger partial charge is 0.271 e. The van der Waals surface area contributed by atoms with Crippen LogP contribution < -0.4 is 11.3 Å². The van der Waals surface area contributed by atoms with Gasteiger partial charge in [-0.25, -0.2) is 4.98 Å². The normalized spacial score (nSPS) is 12.4. The standard InChI is InChI=1S/C10H14ClN3/c1-2-3-4-9(14-12)8-5-6-10(11)13-7-8/h2,5-7,9,14H,1,3-4,12H2. The molecule has 0 fully saturated rings. The molecule has 0 radical (unpaired) electrons. The Hall–Kier alpha value is -0.900. The van der Waals surface area contributed by atoms with Crippen LogP contribution in [0.3, 0.4) is 0 Å². The maximum atomic E-state index is 5.68. The van der Waals surface area contributed by atoms with E-state index >= 15 is 0 Å². The van der Waals surface area contributed by atoms with Crippen LogP contribution in [0.2, 0.25) is 5.15 Å². The van der Waals surface area contributed by atoms with Gasteiger partial charge in [-0.3, -0.25) is 11.3 Å². The molecule has 1 heterocycles. The molecule has 0 aliphatic heterocycles. The molecular weight excluding hydrogens is 198 g/mol. The third kappa shape index (κ3) is 3.10. The Morgan fingerprint density at radius 3 is 2.93 bits per heavy atom. The zero-order valence-corrected chi connectivity index (χ0v) is 8.67. The molecule has 0 bridgehead atoms. The number of pyridine rings is 1. The summed E-state index contributed by atoms with van der Waals surface area (Å²) in [6.45, 7) is 3.67. The van der Waals surface area contributed by atoms with Crippen molar-refractivity contribution < 1.29 is 0 Å². The lowest BCUT2D eigenvalue weighted by Gasteiger charge is -2.14. The molecule has 1 aromatic heterocycles. The first-order chi connectivity index (χ1) is 6.77. The van der Waals surface area contributed by atoms with Crippen LogP contribution in [0.5, 0.6) is 0 Å². The highest BCUT2D eigenvalue weighted by molar-refractivity contribution is 6.29. The van der Waals surface area contributed by atoms with E-state index in [1.165, 1.54) is 0 Å². The number of hydrogen-bond acceptors (Lipinski definition) is 3. The summed E-state index contributed by atoms with van der Waals surface area (Å²) in [4.78, 5) is 4.00. The van der Waals surface area contributed by atoms with Gasteiger partial charge in [-0.1, -0.05) is 23.7 Å². The predicted octanol–water partition coefficient (Wildman–Crippen LogP) is 2.21. The van der Waals surface area contributed by atoms with E-state index < -0.39 is 0 Å². The van der Waals surface area contributed by atoms with Crippen molar-refractivity contribution in [3.8, 4) is 0 Å². The molecule has 3 N–H and O–H groups in total. The molecule has 0 spiro atoms. The molecule has 0 amide bonds. The molecule has 1 aromatic rings. The van der Waals surface area contributed by atoms with E-state index in [2.05, 4.69) is 17.0 Å². The first-order valence-electron chi connectivity index (χ1n) is 4.46. The quantitative estimate of drug-likeness (QED) is 0.340. The number of nitrogens with zero attached hydrogens (tertiary/aromatic N) is 1. The van der Waals surface area contributed by atoms with E-state index in [1.807, 2.05) is 12.1 Å². The van der Waals surface area contributed by atoms with Gasteiger partial charge in [-0.15, -0.1) is 6.58 Å². The summed E-state index contributed by atoms with van der Waals surface area (Å²) in [7, 11) is 0. The fourth-order valence-corrected chi connectivity index (χ4v) is 1.34. The smallest absolute Gasteiger partial charge is 0.129 e. The van der Waals surface area contributed by atoms with Crippen molar-refractivity contribution in [2.24, 2.45) is 5.84 Å². The van der Waals surface area contributed by atoms with Crippen LogP contribution in [0.15, 0.2) is 31.0 Å². The van der Waals surface area contributed by atoms with E-state index in [4.69, 9.17) is 17.4 Å². The zero-order chi connectivity index (χ0) is 10.4.